The van der Waals surface area contributed by atoms with Crippen LogP contribution in [0, 0.1) is 0 Å². The van der Waals surface area contributed by atoms with Gasteiger partial charge in [-0.2, -0.15) is 0 Å². The molecule has 1 unspecified atom stereocenters. The molecule has 0 spiro atoms. The number of carbonyl (C=O) groups is 1. The lowest BCUT2D eigenvalue weighted by Gasteiger charge is -2.17. The molecular weight excluding hydrogens is 200 g/mol. The van der Waals surface area contributed by atoms with Gasteiger partial charge in [-0.25, -0.2) is 4.79 Å². The molecule has 0 aromatic carbocycles. The van der Waals surface area contributed by atoms with Gasteiger partial charge in [-0.1, -0.05) is 19.1 Å². The van der Waals surface area contributed by atoms with Crippen molar-refractivity contribution in [2.45, 2.75) is 45.8 Å². The molecule has 14 heavy (non-hydrogen) atoms. The minimum Gasteiger partial charge on any atom is -0.447 e. The van der Waals surface area contributed by atoms with Gasteiger partial charge in [-0.3, -0.25) is 0 Å². The Morgan fingerprint density at radius 1 is 1.57 bits per heavy atom. The van der Waals surface area contributed by atoms with E-state index in [4.69, 9.17) is 22.7 Å². The Hall–Kier alpha value is -0.840. The van der Waals surface area contributed by atoms with Crippen LogP contribution in [0.2, 0.25) is 0 Å². The molecule has 0 bridgehead atoms. The number of ether oxygens (including phenoxy) is 1. The zero-order valence-electron chi connectivity index (χ0n) is 8.87. The predicted octanol–water partition coefficient (Wildman–Crippen LogP) is 1.58. The molecule has 0 aromatic heterocycles. The molecule has 0 radical (unpaired) electrons. The SMILES string of the molecule is CCC(CC(N)=S)NC(=O)OC(C)C. The number of hydrogen-bond acceptors (Lipinski definition) is 3. The Kier molecular flexibility index (Phi) is 6.19. The summed E-state index contributed by atoms with van der Waals surface area (Å²) in [5, 5.41) is 2.70. The zero-order valence-corrected chi connectivity index (χ0v) is 9.69. The van der Waals surface area contributed by atoms with Crippen LogP contribution in [0.3, 0.4) is 0 Å². The summed E-state index contributed by atoms with van der Waals surface area (Å²) in [5.74, 6) is 0. The molecule has 4 nitrogen and oxygen atoms in total. The smallest absolute Gasteiger partial charge is 0.407 e. The van der Waals surface area contributed by atoms with Gasteiger partial charge in [0.25, 0.3) is 0 Å². The molecule has 0 fully saturated rings. The van der Waals surface area contributed by atoms with Crippen molar-refractivity contribution in [3.05, 3.63) is 0 Å². The fraction of sp³-hybridized carbons (Fsp3) is 0.778. The topological polar surface area (TPSA) is 64.3 Å². The Morgan fingerprint density at radius 3 is 2.50 bits per heavy atom. The maximum atomic E-state index is 11.2. The number of alkyl carbamates (subject to hydrolysis) is 1. The second-order valence-electron chi connectivity index (χ2n) is 3.37. The molecule has 0 aliphatic carbocycles. The van der Waals surface area contributed by atoms with E-state index in [1.54, 1.807) is 13.8 Å². The van der Waals surface area contributed by atoms with E-state index in [9.17, 15) is 4.79 Å². The lowest BCUT2D eigenvalue weighted by Crippen LogP contribution is -2.38. The largest absolute Gasteiger partial charge is 0.447 e. The molecule has 0 aromatic rings. The highest BCUT2D eigenvalue weighted by atomic mass is 32.1. The summed E-state index contributed by atoms with van der Waals surface area (Å²) >= 11 is 4.76. The fourth-order valence-corrected chi connectivity index (χ4v) is 1.16. The van der Waals surface area contributed by atoms with Crippen molar-refractivity contribution in [1.29, 1.82) is 0 Å². The molecule has 1 amide bonds. The van der Waals surface area contributed by atoms with E-state index in [0.29, 0.717) is 11.4 Å². The number of nitrogens with two attached hydrogens (primary N) is 1. The maximum absolute atomic E-state index is 11.2. The van der Waals surface area contributed by atoms with Crippen molar-refractivity contribution in [1.82, 2.24) is 5.32 Å². The Balaban J connectivity index is 3.92. The van der Waals surface area contributed by atoms with E-state index >= 15 is 0 Å². The average Bonchev–Trinajstić information content (AvgIpc) is 2.00. The minimum absolute atomic E-state index is 0.0289. The van der Waals surface area contributed by atoms with Crippen LogP contribution in [0.5, 0.6) is 0 Å². The number of thiocarbonyl (C=S) groups is 1. The van der Waals surface area contributed by atoms with E-state index in [1.807, 2.05) is 6.92 Å². The molecule has 0 heterocycles. The highest BCUT2D eigenvalue weighted by molar-refractivity contribution is 7.80. The minimum atomic E-state index is -0.414. The number of carbonyl (C=O) groups excluding carboxylic acids is 1. The van der Waals surface area contributed by atoms with Crippen LogP contribution in [0.4, 0.5) is 4.79 Å². The Bertz CT molecular complexity index is 207. The van der Waals surface area contributed by atoms with Gasteiger partial charge in [-0.15, -0.1) is 0 Å². The highest BCUT2D eigenvalue weighted by Crippen LogP contribution is 1.99. The molecular formula is C9H18N2O2S. The second-order valence-corrected chi connectivity index (χ2v) is 3.90. The van der Waals surface area contributed by atoms with Gasteiger partial charge in [0.2, 0.25) is 0 Å². The van der Waals surface area contributed by atoms with Crippen molar-refractivity contribution in [3.63, 3.8) is 0 Å². The van der Waals surface area contributed by atoms with Crippen LogP contribution in [0.1, 0.15) is 33.6 Å². The normalized spacial score (nSPS) is 12.3. The van der Waals surface area contributed by atoms with Gasteiger partial charge in [0.1, 0.15) is 0 Å². The van der Waals surface area contributed by atoms with Gasteiger partial charge in [0.15, 0.2) is 0 Å². The molecule has 82 valence electrons. The van der Waals surface area contributed by atoms with Crippen LogP contribution in [0.15, 0.2) is 0 Å². The number of amides is 1. The van der Waals surface area contributed by atoms with E-state index in [0.717, 1.165) is 6.42 Å². The summed E-state index contributed by atoms with van der Waals surface area (Å²) in [4.78, 5) is 11.6. The third-order valence-corrected chi connectivity index (χ3v) is 1.77. The van der Waals surface area contributed by atoms with Gasteiger partial charge in [0, 0.05) is 12.5 Å². The average molecular weight is 218 g/mol. The predicted molar refractivity (Wildman–Crippen MR) is 60.2 cm³/mol. The fourth-order valence-electron chi connectivity index (χ4n) is 0.955. The molecule has 0 saturated carbocycles. The summed E-state index contributed by atoms with van der Waals surface area (Å²) in [6.07, 6.45) is 0.768. The lowest BCUT2D eigenvalue weighted by atomic mass is 10.1. The van der Waals surface area contributed by atoms with Crippen LogP contribution < -0.4 is 11.1 Å². The quantitative estimate of drug-likeness (QED) is 0.688. The van der Waals surface area contributed by atoms with Gasteiger partial charge in [-0.05, 0) is 20.3 Å². The summed E-state index contributed by atoms with van der Waals surface area (Å²) < 4.78 is 4.93. The highest BCUT2D eigenvalue weighted by Gasteiger charge is 2.12. The molecule has 0 aliphatic heterocycles. The Labute approximate surface area is 90.2 Å². The Morgan fingerprint density at radius 2 is 2.14 bits per heavy atom. The van der Waals surface area contributed by atoms with Crippen molar-refractivity contribution >= 4 is 23.3 Å². The summed E-state index contributed by atoms with van der Waals surface area (Å²) in [6, 6.07) is -0.0289. The maximum Gasteiger partial charge on any atom is 0.407 e. The van der Waals surface area contributed by atoms with Crippen molar-refractivity contribution < 1.29 is 9.53 Å². The van der Waals surface area contributed by atoms with Gasteiger partial charge < -0.3 is 15.8 Å². The van der Waals surface area contributed by atoms with E-state index in [-0.39, 0.29) is 12.1 Å². The first kappa shape index (κ1) is 13.2. The van der Waals surface area contributed by atoms with E-state index in [2.05, 4.69) is 5.32 Å². The molecule has 0 saturated heterocycles. The van der Waals surface area contributed by atoms with Crippen LogP contribution in [0.25, 0.3) is 0 Å². The van der Waals surface area contributed by atoms with Crippen LogP contribution >= 0.6 is 12.2 Å². The monoisotopic (exact) mass is 218 g/mol. The number of rotatable bonds is 5. The summed E-state index contributed by atoms with van der Waals surface area (Å²) in [6.45, 7) is 5.56. The summed E-state index contributed by atoms with van der Waals surface area (Å²) in [5.41, 5.74) is 5.39. The third kappa shape index (κ3) is 6.65. The lowest BCUT2D eigenvalue weighted by molar-refractivity contribution is 0.112. The molecule has 3 N–H and O–H groups in total. The molecule has 1 atom stereocenters. The number of hydrogen-bond donors (Lipinski definition) is 2. The van der Waals surface area contributed by atoms with Crippen LogP contribution in [-0.4, -0.2) is 23.2 Å². The van der Waals surface area contributed by atoms with E-state index in [1.165, 1.54) is 0 Å². The van der Waals surface area contributed by atoms with Crippen molar-refractivity contribution in [2.75, 3.05) is 0 Å². The standard InChI is InChI=1S/C9H18N2O2S/c1-4-7(5-8(10)14)11-9(12)13-6(2)3/h6-7H,4-5H2,1-3H3,(H2,10,14)(H,11,12). The van der Waals surface area contributed by atoms with Gasteiger partial charge in [0.05, 0.1) is 11.1 Å². The first-order valence-corrected chi connectivity index (χ1v) is 5.12. The van der Waals surface area contributed by atoms with Crippen molar-refractivity contribution in [2.24, 2.45) is 5.73 Å². The van der Waals surface area contributed by atoms with E-state index < -0.39 is 6.09 Å². The van der Waals surface area contributed by atoms with Crippen LogP contribution in [-0.2, 0) is 4.74 Å². The molecule has 0 rings (SSSR count). The zero-order chi connectivity index (χ0) is 11.1. The molecule has 0 aliphatic rings. The number of nitrogens with one attached hydrogen (secondary N) is 1. The second kappa shape index (κ2) is 6.59. The first-order valence-electron chi connectivity index (χ1n) is 4.71. The summed E-state index contributed by atoms with van der Waals surface area (Å²) in [7, 11) is 0. The third-order valence-electron chi connectivity index (χ3n) is 1.61. The molecule has 5 heteroatoms. The first-order chi connectivity index (χ1) is 6.45. The van der Waals surface area contributed by atoms with Crippen molar-refractivity contribution in [3.8, 4) is 0 Å². The van der Waals surface area contributed by atoms with Gasteiger partial charge >= 0.3 is 6.09 Å².